The molecule has 180 valence electrons. The lowest BCUT2D eigenvalue weighted by atomic mass is 9.89. The van der Waals surface area contributed by atoms with Crippen molar-refractivity contribution in [2.45, 2.75) is 51.9 Å². The fourth-order valence-electron chi connectivity index (χ4n) is 5.58. The lowest BCUT2D eigenvalue weighted by Gasteiger charge is -2.36. The molecule has 7 heteroatoms. The highest BCUT2D eigenvalue weighted by Gasteiger charge is 2.28. The van der Waals surface area contributed by atoms with Crippen molar-refractivity contribution in [1.82, 2.24) is 24.5 Å². The van der Waals surface area contributed by atoms with Crippen molar-refractivity contribution < 1.29 is 4.79 Å². The number of benzene rings is 2. The summed E-state index contributed by atoms with van der Waals surface area (Å²) in [5.74, 6) is 2.48. The molecule has 1 saturated carbocycles. The third-order valence-electron chi connectivity index (χ3n) is 7.62. The van der Waals surface area contributed by atoms with E-state index in [0.29, 0.717) is 19.0 Å². The van der Waals surface area contributed by atoms with Gasteiger partial charge in [0.2, 0.25) is 5.95 Å². The largest absolute Gasteiger partial charge is 0.338 e. The second-order valence-electron chi connectivity index (χ2n) is 10.1. The first kappa shape index (κ1) is 22.0. The van der Waals surface area contributed by atoms with E-state index in [0.717, 1.165) is 65.4 Å². The molecule has 0 N–H and O–H groups in total. The molecule has 3 heterocycles. The summed E-state index contributed by atoms with van der Waals surface area (Å²) in [7, 11) is 0. The Hall–Kier alpha value is -3.48. The molecule has 4 aromatic rings. The first-order valence-corrected chi connectivity index (χ1v) is 12.8. The summed E-state index contributed by atoms with van der Waals surface area (Å²) >= 11 is 0. The SMILES string of the molecule is Cc1ccc(C(=O)N2CCN(c3nc4ccc(C)cc4c4nnc(C5CCCCC5)n34)CC2)cc1. The Bertz CT molecular complexity index is 1380. The Labute approximate surface area is 205 Å². The molecule has 2 aliphatic rings. The first-order chi connectivity index (χ1) is 17.1. The third kappa shape index (κ3) is 4.03. The summed E-state index contributed by atoms with van der Waals surface area (Å²) in [4.78, 5) is 22.5. The van der Waals surface area contributed by atoms with Crippen LogP contribution in [-0.2, 0) is 0 Å². The molecule has 2 aromatic heterocycles. The Morgan fingerprint density at radius 3 is 2.31 bits per heavy atom. The number of rotatable bonds is 3. The van der Waals surface area contributed by atoms with E-state index in [1.165, 1.54) is 24.8 Å². The maximum Gasteiger partial charge on any atom is 0.253 e. The van der Waals surface area contributed by atoms with Gasteiger partial charge in [0.05, 0.1) is 5.52 Å². The van der Waals surface area contributed by atoms with Crippen LogP contribution in [0.5, 0.6) is 0 Å². The van der Waals surface area contributed by atoms with Crippen molar-refractivity contribution in [3.8, 4) is 0 Å². The van der Waals surface area contributed by atoms with Crippen molar-refractivity contribution >= 4 is 28.4 Å². The number of fused-ring (bicyclic) bond motifs is 3. The maximum atomic E-state index is 13.1. The van der Waals surface area contributed by atoms with Crippen molar-refractivity contribution in [3.05, 3.63) is 65.0 Å². The van der Waals surface area contributed by atoms with Gasteiger partial charge < -0.3 is 9.80 Å². The predicted octanol–water partition coefficient (Wildman–Crippen LogP) is 4.90. The molecule has 0 unspecified atom stereocenters. The smallest absolute Gasteiger partial charge is 0.253 e. The highest BCUT2D eigenvalue weighted by molar-refractivity contribution is 5.95. The van der Waals surface area contributed by atoms with Crippen LogP contribution in [0.1, 0.15) is 65.3 Å². The van der Waals surface area contributed by atoms with Crippen LogP contribution >= 0.6 is 0 Å². The van der Waals surface area contributed by atoms with Crippen LogP contribution in [0.25, 0.3) is 16.6 Å². The van der Waals surface area contributed by atoms with Crippen LogP contribution in [0, 0.1) is 13.8 Å². The molecule has 0 bridgehead atoms. The normalized spacial score (nSPS) is 17.4. The number of carbonyl (C=O) groups excluding carboxylic acids is 1. The molecule has 1 aliphatic heterocycles. The number of hydrogen-bond acceptors (Lipinski definition) is 5. The predicted molar refractivity (Wildman–Crippen MR) is 138 cm³/mol. The summed E-state index contributed by atoms with van der Waals surface area (Å²) in [5, 5.41) is 10.5. The molecule has 1 aliphatic carbocycles. The van der Waals surface area contributed by atoms with E-state index >= 15 is 0 Å². The monoisotopic (exact) mass is 468 g/mol. The standard InChI is InChI=1S/C28H32N6O/c1-19-8-11-22(12-9-19)27(35)32-14-16-33(17-15-32)28-29-24-13-10-20(2)18-23(24)26-31-30-25(34(26)28)21-6-4-3-5-7-21/h8-13,18,21H,3-7,14-17H2,1-2H3. The Balaban J connectivity index is 1.35. The zero-order valence-corrected chi connectivity index (χ0v) is 20.6. The van der Waals surface area contributed by atoms with Crippen LogP contribution in [0.2, 0.25) is 0 Å². The second kappa shape index (κ2) is 8.95. The summed E-state index contributed by atoms with van der Waals surface area (Å²) < 4.78 is 2.22. The van der Waals surface area contributed by atoms with Crippen molar-refractivity contribution in [1.29, 1.82) is 0 Å². The van der Waals surface area contributed by atoms with Gasteiger partial charge in [-0.1, -0.05) is 48.6 Å². The maximum absolute atomic E-state index is 13.1. The lowest BCUT2D eigenvalue weighted by molar-refractivity contribution is 0.0746. The van der Waals surface area contributed by atoms with E-state index in [4.69, 9.17) is 15.2 Å². The van der Waals surface area contributed by atoms with Crippen LogP contribution in [0.4, 0.5) is 5.95 Å². The van der Waals surface area contributed by atoms with Gasteiger partial charge in [0.25, 0.3) is 5.91 Å². The number of carbonyl (C=O) groups is 1. The average Bonchev–Trinajstić information content (AvgIpc) is 3.35. The van der Waals surface area contributed by atoms with Crippen LogP contribution in [0.15, 0.2) is 42.5 Å². The molecule has 2 aromatic carbocycles. The van der Waals surface area contributed by atoms with E-state index < -0.39 is 0 Å². The number of hydrogen-bond donors (Lipinski definition) is 0. The summed E-state index contributed by atoms with van der Waals surface area (Å²) in [6.07, 6.45) is 6.11. The van der Waals surface area contributed by atoms with E-state index in [-0.39, 0.29) is 5.91 Å². The summed E-state index contributed by atoms with van der Waals surface area (Å²) in [5.41, 5.74) is 4.95. The zero-order valence-electron chi connectivity index (χ0n) is 20.6. The van der Waals surface area contributed by atoms with Gasteiger partial charge in [0.1, 0.15) is 5.82 Å². The zero-order chi connectivity index (χ0) is 23.9. The van der Waals surface area contributed by atoms with E-state index in [1.807, 2.05) is 36.1 Å². The number of piperazine rings is 1. The van der Waals surface area contributed by atoms with Crippen molar-refractivity contribution in [2.24, 2.45) is 0 Å². The molecule has 35 heavy (non-hydrogen) atoms. The van der Waals surface area contributed by atoms with Gasteiger partial charge >= 0.3 is 0 Å². The number of nitrogens with zero attached hydrogens (tertiary/aromatic N) is 6. The van der Waals surface area contributed by atoms with E-state index in [1.54, 1.807) is 0 Å². The van der Waals surface area contributed by atoms with Crippen LogP contribution in [-0.4, -0.2) is 56.6 Å². The average molecular weight is 469 g/mol. The number of amides is 1. The molecule has 2 fully saturated rings. The topological polar surface area (TPSA) is 66.6 Å². The molecule has 7 nitrogen and oxygen atoms in total. The van der Waals surface area contributed by atoms with Crippen LogP contribution in [0.3, 0.4) is 0 Å². The van der Waals surface area contributed by atoms with Gasteiger partial charge in [0, 0.05) is 43.0 Å². The number of anilines is 1. The van der Waals surface area contributed by atoms with Gasteiger partial charge in [-0.25, -0.2) is 9.38 Å². The molecular formula is C28H32N6O. The molecule has 6 rings (SSSR count). The Kier molecular flexibility index (Phi) is 5.63. The summed E-state index contributed by atoms with van der Waals surface area (Å²) in [6.45, 7) is 6.95. The number of aryl methyl sites for hydroxylation is 2. The van der Waals surface area contributed by atoms with Crippen LogP contribution < -0.4 is 4.90 Å². The fourth-order valence-corrected chi connectivity index (χ4v) is 5.58. The minimum absolute atomic E-state index is 0.101. The van der Waals surface area contributed by atoms with Gasteiger partial charge in [-0.3, -0.25) is 4.79 Å². The Morgan fingerprint density at radius 2 is 1.57 bits per heavy atom. The van der Waals surface area contributed by atoms with Gasteiger partial charge in [-0.05, 0) is 51.0 Å². The molecule has 0 spiro atoms. The number of aromatic nitrogens is 4. The highest BCUT2D eigenvalue weighted by atomic mass is 16.2. The van der Waals surface area contributed by atoms with Crippen molar-refractivity contribution in [2.75, 3.05) is 31.1 Å². The van der Waals surface area contributed by atoms with E-state index in [2.05, 4.69) is 34.4 Å². The minimum atomic E-state index is 0.101. The van der Waals surface area contributed by atoms with Gasteiger partial charge in [-0.15, -0.1) is 10.2 Å². The minimum Gasteiger partial charge on any atom is -0.338 e. The Morgan fingerprint density at radius 1 is 0.857 bits per heavy atom. The quantitative estimate of drug-likeness (QED) is 0.428. The first-order valence-electron chi connectivity index (χ1n) is 12.8. The summed E-state index contributed by atoms with van der Waals surface area (Å²) in [6, 6.07) is 14.2. The highest BCUT2D eigenvalue weighted by Crippen LogP contribution is 2.35. The third-order valence-corrected chi connectivity index (χ3v) is 7.62. The molecule has 0 atom stereocenters. The molecular weight excluding hydrogens is 436 g/mol. The van der Waals surface area contributed by atoms with Gasteiger partial charge in [0.15, 0.2) is 5.65 Å². The fraction of sp³-hybridized carbons (Fsp3) is 0.429. The lowest BCUT2D eigenvalue weighted by Crippen LogP contribution is -2.49. The van der Waals surface area contributed by atoms with E-state index in [9.17, 15) is 4.79 Å². The molecule has 1 saturated heterocycles. The molecule has 0 radical (unpaired) electrons. The van der Waals surface area contributed by atoms with Gasteiger partial charge in [-0.2, -0.15) is 0 Å². The second-order valence-corrected chi connectivity index (χ2v) is 10.1. The molecule has 1 amide bonds. The van der Waals surface area contributed by atoms with Crippen molar-refractivity contribution in [3.63, 3.8) is 0 Å².